The standard InChI is InChI=1S/C20H21N5O4/c1-2-29-13-7-12-24-19(26)16-9-4-5-10-17(16)22-20(24)23-21-14-15-8-3-6-11-18(15)25(27)28/h3-6,8-11,14H,2,7,12-13H2,1H3,(H,22,23)/b21-14-. The topological polar surface area (TPSA) is 112 Å². The number of benzene rings is 2. The zero-order chi connectivity index (χ0) is 20.6. The Morgan fingerprint density at radius 3 is 2.79 bits per heavy atom. The number of hydrogen-bond acceptors (Lipinski definition) is 7. The third-order valence-electron chi connectivity index (χ3n) is 4.24. The molecule has 1 N–H and O–H groups in total. The van der Waals surface area contributed by atoms with E-state index in [1.165, 1.54) is 16.8 Å². The molecule has 0 spiro atoms. The molecule has 0 atom stereocenters. The number of nitrogens with one attached hydrogen (secondary N) is 1. The lowest BCUT2D eigenvalue weighted by Crippen LogP contribution is -2.25. The van der Waals surface area contributed by atoms with E-state index in [-0.39, 0.29) is 17.2 Å². The second-order valence-electron chi connectivity index (χ2n) is 6.15. The lowest BCUT2D eigenvalue weighted by molar-refractivity contribution is -0.385. The molecule has 1 heterocycles. The maximum absolute atomic E-state index is 12.9. The molecule has 3 aromatic rings. The Kier molecular flexibility index (Phi) is 6.64. The lowest BCUT2D eigenvalue weighted by Gasteiger charge is -2.12. The Labute approximate surface area is 166 Å². The number of aromatic nitrogens is 2. The third-order valence-corrected chi connectivity index (χ3v) is 4.24. The molecule has 0 aliphatic rings. The van der Waals surface area contributed by atoms with E-state index in [4.69, 9.17) is 4.74 Å². The van der Waals surface area contributed by atoms with Gasteiger partial charge in [0.05, 0.1) is 27.6 Å². The largest absolute Gasteiger partial charge is 0.382 e. The van der Waals surface area contributed by atoms with Gasteiger partial charge in [-0.05, 0) is 31.5 Å². The predicted molar refractivity (Wildman–Crippen MR) is 111 cm³/mol. The van der Waals surface area contributed by atoms with Crippen LogP contribution in [0.1, 0.15) is 18.9 Å². The first-order chi connectivity index (χ1) is 14.1. The van der Waals surface area contributed by atoms with E-state index in [1.54, 1.807) is 42.5 Å². The molecule has 0 saturated heterocycles. The summed E-state index contributed by atoms with van der Waals surface area (Å²) in [6.07, 6.45) is 1.97. The average Bonchev–Trinajstić information content (AvgIpc) is 2.73. The maximum atomic E-state index is 12.9. The zero-order valence-electron chi connectivity index (χ0n) is 15.9. The van der Waals surface area contributed by atoms with Crippen LogP contribution in [-0.4, -0.2) is 33.9 Å². The second-order valence-corrected chi connectivity index (χ2v) is 6.15. The second kappa shape index (κ2) is 9.56. The van der Waals surface area contributed by atoms with E-state index in [1.807, 2.05) is 6.92 Å². The van der Waals surface area contributed by atoms with Crippen LogP contribution in [0.5, 0.6) is 0 Å². The van der Waals surface area contributed by atoms with Crippen molar-refractivity contribution >= 4 is 28.8 Å². The summed E-state index contributed by atoms with van der Waals surface area (Å²) in [7, 11) is 0. The average molecular weight is 395 g/mol. The van der Waals surface area contributed by atoms with Gasteiger partial charge in [0.1, 0.15) is 0 Å². The Balaban J connectivity index is 1.91. The Morgan fingerprint density at radius 1 is 1.24 bits per heavy atom. The van der Waals surface area contributed by atoms with Crippen LogP contribution in [0.2, 0.25) is 0 Å². The van der Waals surface area contributed by atoms with Crippen molar-refractivity contribution in [1.29, 1.82) is 0 Å². The molecule has 0 aliphatic heterocycles. The first-order valence-corrected chi connectivity index (χ1v) is 9.21. The summed E-state index contributed by atoms with van der Waals surface area (Å²) in [5, 5.41) is 15.7. The highest BCUT2D eigenvalue weighted by Gasteiger charge is 2.12. The number of hydrogen-bond donors (Lipinski definition) is 1. The van der Waals surface area contributed by atoms with Crippen molar-refractivity contribution in [2.45, 2.75) is 19.9 Å². The van der Waals surface area contributed by atoms with E-state index in [9.17, 15) is 14.9 Å². The van der Waals surface area contributed by atoms with Crippen molar-refractivity contribution in [3.05, 3.63) is 74.6 Å². The van der Waals surface area contributed by atoms with Crippen molar-refractivity contribution in [2.24, 2.45) is 5.10 Å². The highest BCUT2D eigenvalue weighted by Crippen LogP contribution is 2.16. The van der Waals surface area contributed by atoms with Gasteiger partial charge in [-0.2, -0.15) is 5.10 Å². The molecule has 0 fully saturated rings. The van der Waals surface area contributed by atoms with E-state index in [2.05, 4.69) is 15.5 Å². The first-order valence-electron chi connectivity index (χ1n) is 9.21. The SMILES string of the molecule is CCOCCCn1c(N/N=C\c2ccccc2[N+](=O)[O-])nc2ccccc2c1=O. The molecular formula is C20H21N5O4. The van der Waals surface area contributed by atoms with Crippen molar-refractivity contribution < 1.29 is 9.66 Å². The summed E-state index contributed by atoms with van der Waals surface area (Å²) in [5.74, 6) is 0.264. The number of hydrazone groups is 1. The quantitative estimate of drug-likeness (QED) is 0.258. The van der Waals surface area contributed by atoms with Crippen LogP contribution in [0, 0.1) is 10.1 Å². The highest BCUT2D eigenvalue weighted by atomic mass is 16.6. The number of anilines is 1. The molecule has 150 valence electrons. The molecular weight excluding hydrogens is 374 g/mol. The molecule has 0 saturated carbocycles. The summed E-state index contributed by atoms with van der Waals surface area (Å²) in [6, 6.07) is 13.3. The Hall–Kier alpha value is -3.59. The van der Waals surface area contributed by atoms with Crippen LogP contribution in [0.4, 0.5) is 11.6 Å². The Morgan fingerprint density at radius 2 is 2.00 bits per heavy atom. The van der Waals surface area contributed by atoms with Crippen LogP contribution in [0.15, 0.2) is 58.4 Å². The molecule has 2 aromatic carbocycles. The van der Waals surface area contributed by atoms with Gasteiger partial charge in [-0.15, -0.1) is 0 Å². The van der Waals surface area contributed by atoms with Gasteiger partial charge in [-0.1, -0.05) is 24.3 Å². The summed E-state index contributed by atoms with van der Waals surface area (Å²) < 4.78 is 6.85. The van der Waals surface area contributed by atoms with Gasteiger partial charge in [0.25, 0.3) is 11.2 Å². The number of nitro benzene ring substituents is 1. The fourth-order valence-electron chi connectivity index (χ4n) is 2.85. The predicted octanol–water partition coefficient (Wildman–Crippen LogP) is 3.18. The van der Waals surface area contributed by atoms with Crippen LogP contribution in [0.3, 0.4) is 0 Å². The number of ether oxygens (including phenoxy) is 1. The number of rotatable bonds is 9. The molecule has 0 unspecified atom stereocenters. The summed E-state index contributed by atoms with van der Waals surface area (Å²) in [5.41, 5.74) is 3.41. The molecule has 0 aliphatic carbocycles. The van der Waals surface area contributed by atoms with Crippen LogP contribution < -0.4 is 11.0 Å². The number of nitro groups is 1. The van der Waals surface area contributed by atoms with Crippen molar-refractivity contribution in [3.8, 4) is 0 Å². The molecule has 9 nitrogen and oxygen atoms in total. The van der Waals surface area contributed by atoms with Gasteiger partial charge in [0.15, 0.2) is 0 Å². The fraction of sp³-hybridized carbons (Fsp3) is 0.250. The monoisotopic (exact) mass is 395 g/mol. The molecule has 0 amide bonds. The van der Waals surface area contributed by atoms with Crippen LogP contribution in [0.25, 0.3) is 10.9 Å². The minimum Gasteiger partial charge on any atom is -0.382 e. The summed E-state index contributed by atoms with van der Waals surface area (Å²) in [4.78, 5) is 28.0. The number of para-hydroxylation sites is 2. The molecule has 0 bridgehead atoms. The van der Waals surface area contributed by atoms with Crippen molar-refractivity contribution in [3.63, 3.8) is 0 Å². The van der Waals surface area contributed by atoms with Gasteiger partial charge in [-0.25, -0.2) is 10.4 Å². The summed E-state index contributed by atoms with van der Waals surface area (Å²) >= 11 is 0. The smallest absolute Gasteiger partial charge is 0.278 e. The minimum atomic E-state index is -0.473. The van der Waals surface area contributed by atoms with Gasteiger partial charge < -0.3 is 4.74 Å². The van der Waals surface area contributed by atoms with E-state index in [0.717, 1.165) is 0 Å². The molecule has 0 radical (unpaired) electrons. The zero-order valence-corrected chi connectivity index (χ0v) is 15.9. The summed E-state index contributed by atoms with van der Waals surface area (Å²) in [6.45, 7) is 3.44. The molecule has 9 heteroatoms. The van der Waals surface area contributed by atoms with E-state index in [0.29, 0.717) is 42.6 Å². The normalized spacial score (nSPS) is 11.2. The molecule has 1 aromatic heterocycles. The number of fused-ring (bicyclic) bond motifs is 1. The maximum Gasteiger partial charge on any atom is 0.278 e. The third kappa shape index (κ3) is 4.82. The van der Waals surface area contributed by atoms with Crippen molar-refractivity contribution in [1.82, 2.24) is 9.55 Å². The van der Waals surface area contributed by atoms with Gasteiger partial charge in [0.2, 0.25) is 5.95 Å². The first kappa shape index (κ1) is 20.2. The minimum absolute atomic E-state index is 0.0568. The molecule has 29 heavy (non-hydrogen) atoms. The van der Waals surface area contributed by atoms with Gasteiger partial charge in [0, 0.05) is 25.8 Å². The van der Waals surface area contributed by atoms with E-state index >= 15 is 0 Å². The molecule has 3 rings (SSSR count). The Bertz CT molecular complexity index is 1090. The van der Waals surface area contributed by atoms with Crippen molar-refractivity contribution in [2.75, 3.05) is 18.6 Å². The van der Waals surface area contributed by atoms with Gasteiger partial charge in [-0.3, -0.25) is 19.5 Å². The highest BCUT2D eigenvalue weighted by molar-refractivity contribution is 5.85. The van der Waals surface area contributed by atoms with Crippen LogP contribution >= 0.6 is 0 Å². The lowest BCUT2D eigenvalue weighted by atomic mass is 10.2. The fourth-order valence-corrected chi connectivity index (χ4v) is 2.85. The van der Waals surface area contributed by atoms with E-state index < -0.39 is 4.92 Å². The number of nitrogens with zero attached hydrogens (tertiary/aromatic N) is 4. The van der Waals surface area contributed by atoms with Gasteiger partial charge >= 0.3 is 0 Å². The van der Waals surface area contributed by atoms with Crippen LogP contribution in [-0.2, 0) is 11.3 Å².